The van der Waals surface area contributed by atoms with Crippen LogP contribution in [0.15, 0.2) is 66.4 Å². The van der Waals surface area contributed by atoms with E-state index in [1.807, 2.05) is 72.6 Å². The average Bonchev–Trinajstić information content (AvgIpc) is 2.94. The van der Waals surface area contributed by atoms with Gasteiger partial charge in [0.25, 0.3) is 11.8 Å². The fraction of sp³-hybridized carbons (Fsp3) is 0.273. The molecule has 5 nitrogen and oxygen atoms in total. The number of amides is 2. The van der Waals surface area contributed by atoms with Crippen molar-refractivity contribution in [1.82, 2.24) is 9.80 Å². The summed E-state index contributed by atoms with van der Waals surface area (Å²) < 4.78 is 5.06. The number of methoxy groups -OCH3 is 1. The minimum Gasteiger partial charge on any atom is -0.385 e. The molecule has 0 N–H and O–H groups in total. The van der Waals surface area contributed by atoms with E-state index in [1.54, 1.807) is 7.11 Å². The van der Waals surface area contributed by atoms with E-state index in [9.17, 15) is 9.59 Å². The Morgan fingerprint density at radius 1 is 0.926 bits per heavy atom. The van der Waals surface area contributed by atoms with Gasteiger partial charge in [0.05, 0.1) is 5.57 Å². The molecule has 0 spiro atoms. The zero-order valence-electron chi connectivity index (χ0n) is 15.7. The second-order valence-corrected chi connectivity index (χ2v) is 6.54. The molecule has 5 heteroatoms. The third kappa shape index (κ3) is 4.09. The zero-order valence-corrected chi connectivity index (χ0v) is 15.7. The molecule has 2 amide bonds. The van der Waals surface area contributed by atoms with Crippen LogP contribution >= 0.6 is 0 Å². The lowest BCUT2D eigenvalue weighted by Gasteiger charge is -2.21. The predicted molar refractivity (Wildman–Crippen MR) is 104 cm³/mol. The summed E-state index contributed by atoms with van der Waals surface area (Å²) in [5.41, 5.74) is 2.77. The number of carbonyl (C=O) groups excluding carboxylic acids is 2. The molecule has 1 heterocycles. The third-order valence-electron chi connectivity index (χ3n) is 4.58. The molecule has 0 aliphatic carbocycles. The fourth-order valence-electron chi connectivity index (χ4n) is 3.29. The van der Waals surface area contributed by atoms with E-state index >= 15 is 0 Å². The van der Waals surface area contributed by atoms with Crippen LogP contribution in [0.2, 0.25) is 0 Å². The van der Waals surface area contributed by atoms with Crippen LogP contribution in [0.1, 0.15) is 17.5 Å². The van der Waals surface area contributed by atoms with Crippen molar-refractivity contribution < 1.29 is 14.3 Å². The van der Waals surface area contributed by atoms with Gasteiger partial charge < -0.3 is 9.64 Å². The van der Waals surface area contributed by atoms with Crippen LogP contribution in [-0.2, 0) is 20.9 Å². The highest BCUT2D eigenvalue weighted by Gasteiger charge is 2.40. The summed E-state index contributed by atoms with van der Waals surface area (Å²) in [7, 11) is 3.47. The Kier molecular flexibility index (Phi) is 6.04. The molecule has 0 saturated heterocycles. The van der Waals surface area contributed by atoms with Gasteiger partial charge in [-0.3, -0.25) is 14.5 Å². The Bertz CT molecular complexity index is 831. The van der Waals surface area contributed by atoms with Gasteiger partial charge >= 0.3 is 0 Å². The second-order valence-electron chi connectivity index (χ2n) is 6.54. The summed E-state index contributed by atoms with van der Waals surface area (Å²) in [6.07, 6.45) is 0.617. The Labute approximate surface area is 159 Å². The minimum atomic E-state index is -0.242. The molecular weight excluding hydrogens is 340 g/mol. The van der Waals surface area contributed by atoms with Crippen LogP contribution in [-0.4, -0.2) is 48.9 Å². The summed E-state index contributed by atoms with van der Waals surface area (Å²) >= 11 is 0. The van der Waals surface area contributed by atoms with Crippen molar-refractivity contribution in [1.29, 1.82) is 0 Å². The zero-order chi connectivity index (χ0) is 19.2. The van der Waals surface area contributed by atoms with E-state index in [4.69, 9.17) is 4.74 Å². The van der Waals surface area contributed by atoms with Crippen LogP contribution in [0.4, 0.5) is 0 Å². The van der Waals surface area contributed by atoms with Crippen LogP contribution in [0.3, 0.4) is 0 Å². The fourth-order valence-corrected chi connectivity index (χ4v) is 3.29. The van der Waals surface area contributed by atoms with Crippen LogP contribution in [0, 0.1) is 0 Å². The van der Waals surface area contributed by atoms with Crippen molar-refractivity contribution in [2.24, 2.45) is 0 Å². The van der Waals surface area contributed by atoms with Gasteiger partial charge in [-0.1, -0.05) is 60.7 Å². The predicted octanol–water partition coefficient (Wildman–Crippen LogP) is 2.94. The lowest BCUT2D eigenvalue weighted by atomic mass is 10.0. The number of ether oxygens (including phenoxy) is 1. The minimum absolute atomic E-state index is 0.239. The number of likely N-dealkylation sites (N-methyl/N-ethyl adjacent to an activating group) is 1. The SMILES string of the molecule is COCCCN1C(=O)C(c2ccccc2)=C(N(C)Cc2ccccc2)C1=O. The number of nitrogens with zero attached hydrogens (tertiary/aromatic N) is 2. The van der Waals surface area contributed by atoms with E-state index in [2.05, 4.69) is 0 Å². The summed E-state index contributed by atoms with van der Waals surface area (Å²) in [4.78, 5) is 29.3. The van der Waals surface area contributed by atoms with Crippen LogP contribution in [0.5, 0.6) is 0 Å². The number of hydrogen-bond donors (Lipinski definition) is 0. The van der Waals surface area contributed by atoms with E-state index in [1.165, 1.54) is 4.90 Å². The first kappa shape index (κ1) is 18.9. The quantitative estimate of drug-likeness (QED) is 0.534. The van der Waals surface area contributed by atoms with Gasteiger partial charge in [0.2, 0.25) is 0 Å². The summed E-state index contributed by atoms with van der Waals surface area (Å²) in [6, 6.07) is 19.3. The van der Waals surface area contributed by atoms with Crippen LogP contribution in [0.25, 0.3) is 5.57 Å². The van der Waals surface area contributed by atoms with Gasteiger partial charge in [-0.05, 0) is 17.5 Å². The molecule has 140 valence electrons. The van der Waals surface area contributed by atoms with Crippen molar-refractivity contribution >= 4 is 17.4 Å². The highest BCUT2D eigenvalue weighted by Crippen LogP contribution is 2.31. The van der Waals surface area contributed by atoms with Gasteiger partial charge in [0.15, 0.2) is 0 Å². The number of carbonyl (C=O) groups is 2. The first-order chi connectivity index (χ1) is 13.1. The second kappa shape index (κ2) is 8.64. The third-order valence-corrected chi connectivity index (χ3v) is 4.58. The molecule has 0 unspecified atom stereocenters. The summed E-state index contributed by atoms with van der Waals surface area (Å²) in [6.45, 7) is 1.41. The molecule has 3 rings (SSSR count). The van der Waals surface area contributed by atoms with Crippen LogP contribution < -0.4 is 0 Å². The molecule has 2 aromatic carbocycles. The molecule has 0 saturated carbocycles. The molecule has 0 fully saturated rings. The van der Waals surface area contributed by atoms with Gasteiger partial charge in [0.1, 0.15) is 5.70 Å². The maximum Gasteiger partial charge on any atom is 0.277 e. The maximum absolute atomic E-state index is 13.1. The molecule has 0 radical (unpaired) electrons. The van der Waals surface area contributed by atoms with Crippen molar-refractivity contribution in [3.05, 3.63) is 77.5 Å². The monoisotopic (exact) mass is 364 g/mol. The van der Waals surface area contributed by atoms with Crippen molar-refractivity contribution in [2.75, 3.05) is 27.3 Å². The number of hydrogen-bond acceptors (Lipinski definition) is 4. The topological polar surface area (TPSA) is 49.9 Å². The van der Waals surface area contributed by atoms with Crippen molar-refractivity contribution in [3.63, 3.8) is 0 Å². The first-order valence-electron chi connectivity index (χ1n) is 9.03. The van der Waals surface area contributed by atoms with E-state index in [0.717, 1.165) is 11.1 Å². The molecule has 27 heavy (non-hydrogen) atoms. The lowest BCUT2D eigenvalue weighted by molar-refractivity contribution is -0.137. The molecule has 1 aliphatic heterocycles. The Morgan fingerprint density at radius 3 is 2.19 bits per heavy atom. The normalized spacial score (nSPS) is 14.2. The highest BCUT2D eigenvalue weighted by molar-refractivity contribution is 6.35. The first-order valence-corrected chi connectivity index (χ1v) is 9.03. The highest BCUT2D eigenvalue weighted by atomic mass is 16.5. The van der Waals surface area contributed by atoms with Gasteiger partial charge in [0, 0.05) is 33.9 Å². The Hall–Kier alpha value is -2.92. The lowest BCUT2D eigenvalue weighted by Crippen LogP contribution is -2.35. The van der Waals surface area contributed by atoms with E-state index in [-0.39, 0.29) is 11.8 Å². The number of imide groups is 1. The number of benzene rings is 2. The van der Waals surface area contributed by atoms with Gasteiger partial charge in [-0.2, -0.15) is 0 Å². The molecule has 0 bridgehead atoms. The maximum atomic E-state index is 13.1. The van der Waals surface area contributed by atoms with E-state index < -0.39 is 0 Å². The van der Waals surface area contributed by atoms with Crippen molar-refractivity contribution in [3.8, 4) is 0 Å². The molecular formula is C22H24N2O3. The molecule has 1 aliphatic rings. The van der Waals surface area contributed by atoms with E-state index in [0.29, 0.717) is 37.4 Å². The largest absolute Gasteiger partial charge is 0.385 e. The Balaban J connectivity index is 1.94. The number of rotatable bonds is 8. The average molecular weight is 364 g/mol. The Morgan fingerprint density at radius 2 is 1.56 bits per heavy atom. The molecule has 0 atom stereocenters. The van der Waals surface area contributed by atoms with Gasteiger partial charge in [-0.15, -0.1) is 0 Å². The molecule has 0 aromatic heterocycles. The van der Waals surface area contributed by atoms with Gasteiger partial charge in [-0.25, -0.2) is 0 Å². The molecule has 2 aromatic rings. The summed E-state index contributed by atoms with van der Waals surface area (Å²) in [5.74, 6) is -0.481. The van der Waals surface area contributed by atoms with Crippen molar-refractivity contribution in [2.45, 2.75) is 13.0 Å². The smallest absolute Gasteiger partial charge is 0.277 e. The standard InChI is InChI=1S/C22H24N2O3/c1-23(16-17-10-5-3-6-11-17)20-19(18-12-7-4-8-13-18)21(25)24(22(20)26)14-9-15-27-2/h3-8,10-13H,9,14-16H2,1-2H3. The summed E-state index contributed by atoms with van der Waals surface area (Å²) in [5, 5.41) is 0.